The fraction of sp³-hybridized carbons (Fsp3) is 0.600. The van der Waals surface area contributed by atoms with E-state index in [4.69, 9.17) is 0 Å². The average molecular weight is 314 g/mol. The second kappa shape index (κ2) is 6.42. The predicted molar refractivity (Wildman–Crippen MR) is 81.3 cm³/mol. The third kappa shape index (κ3) is 4.02. The van der Waals surface area contributed by atoms with Crippen molar-refractivity contribution in [1.82, 2.24) is 8.61 Å². The van der Waals surface area contributed by atoms with Gasteiger partial charge in [0.2, 0.25) is 0 Å². The molecule has 1 aliphatic heterocycles. The Balaban J connectivity index is 2.09. The molecule has 1 fully saturated rings. The van der Waals surface area contributed by atoms with Gasteiger partial charge in [-0.3, -0.25) is 0 Å². The molecule has 4 nitrogen and oxygen atoms in total. The van der Waals surface area contributed by atoms with Crippen LogP contribution in [0.2, 0.25) is 0 Å². The molecular formula is C15H23FN2O2S. The van der Waals surface area contributed by atoms with E-state index in [9.17, 15) is 12.8 Å². The summed E-state index contributed by atoms with van der Waals surface area (Å²) in [5.41, 5.74) is 0.778. The van der Waals surface area contributed by atoms with E-state index in [1.54, 1.807) is 23.5 Å². The highest BCUT2D eigenvalue weighted by atomic mass is 32.2. The summed E-state index contributed by atoms with van der Waals surface area (Å²) in [7, 11) is -1.89. The molecule has 6 heteroatoms. The lowest BCUT2D eigenvalue weighted by molar-refractivity contribution is 0.211. The van der Waals surface area contributed by atoms with Crippen LogP contribution in [0.25, 0.3) is 0 Å². The van der Waals surface area contributed by atoms with Crippen LogP contribution < -0.4 is 0 Å². The second-order valence-corrected chi connectivity index (χ2v) is 8.19. The van der Waals surface area contributed by atoms with E-state index < -0.39 is 10.2 Å². The first-order valence-corrected chi connectivity index (χ1v) is 8.64. The molecule has 1 aromatic carbocycles. The molecule has 0 N–H and O–H groups in total. The number of halogens is 1. The molecular weight excluding hydrogens is 291 g/mol. The first-order chi connectivity index (χ1) is 9.79. The van der Waals surface area contributed by atoms with Crippen molar-refractivity contribution in [3.63, 3.8) is 0 Å². The van der Waals surface area contributed by atoms with E-state index in [0.29, 0.717) is 24.9 Å². The van der Waals surface area contributed by atoms with Crippen LogP contribution in [-0.4, -0.2) is 37.2 Å². The zero-order valence-corrected chi connectivity index (χ0v) is 13.6. The van der Waals surface area contributed by atoms with Crippen LogP contribution in [-0.2, 0) is 16.8 Å². The first kappa shape index (κ1) is 16.4. The number of piperidine rings is 1. The highest BCUT2D eigenvalue weighted by Gasteiger charge is 2.33. The molecule has 1 aromatic rings. The molecule has 2 atom stereocenters. The minimum atomic E-state index is -3.46. The van der Waals surface area contributed by atoms with Gasteiger partial charge in [-0.25, -0.2) is 4.39 Å². The van der Waals surface area contributed by atoms with Crippen molar-refractivity contribution in [1.29, 1.82) is 0 Å². The molecule has 0 bridgehead atoms. The SMILES string of the molecule is CC1CC(C)CN(S(=O)(=O)N(C)Cc2ccc(F)cc2)C1. The van der Waals surface area contributed by atoms with Crippen molar-refractivity contribution < 1.29 is 12.8 Å². The van der Waals surface area contributed by atoms with Gasteiger partial charge in [0.15, 0.2) is 0 Å². The van der Waals surface area contributed by atoms with Crippen molar-refractivity contribution in [3.8, 4) is 0 Å². The van der Waals surface area contributed by atoms with Gasteiger partial charge in [0.1, 0.15) is 5.82 Å². The van der Waals surface area contributed by atoms with E-state index in [0.717, 1.165) is 12.0 Å². The molecule has 0 radical (unpaired) electrons. The number of rotatable bonds is 4. The highest BCUT2D eigenvalue weighted by molar-refractivity contribution is 7.86. The minimum Gasteiger partial charge on any atom is -0.207 e. The van der Waals surface area contributed by atoms with Crippen LogP contribution in [0, 0.1) is 17.7 Å². The van der Waals surface area contributed by atoms with Crippen molar-refractivity contribution in [3.05, 3.63) is 35.6 Å². The van der Waals surface area contributed by atoms with Crippen LogP contribution in [0.3, 0.4) is 0 Å². The fourth-order valence-corrected chi connectivity index (χ4v) is 4.51. The molecule has 0 aliphatic carbocycles. The maximum Gasteiger partial charge on any atom is 0.282 e. The van der Waals surface area contributed by atoms with Crippen LogP contribution in [0.1, 0.15) is 25.8 Å². The van der Waals surface area contributed by atoms with E-state index in [2.05, 4.69) is 13.8 Å². The van der Waals surface area contributed by atoms with Crippen LogP contribution in [0.5, 0.6) is 0 Å². The lowest BCUT2D eigenvalue weighted by Crippen LogP contribution is -2.48. The molecule has 0 saturated carbocycles. The Kier molecular flexibility index (Phi) is 5.01. The number of hydrogen-bond donors (Lipinski definition) is 0. The van der Waals surface area contributed by atoms with Crippen molar-refractivity contribution in [2.75, 3.05) is 20.1 Å². The maximum absolute atomic E-state index is 12.9. The number of hydrogen-bond acceptors (Lipinski definition) is 2. The summed E-state index contributed by atoms with van der Waals surface area (Å²) in [5, 5.41) is 0. The monoisotopic (exact) mass is 314 g/mol. The molecule has 0 spiro atoms. The van der Waals surface area contributed by atoms with Gasteiger partial charge in [-0.2, -0.15) is 17.0 Å². The third-order valence-corrected chi connectivity index (χ3v) is 5.74. The molecule has 21 heavy (non-hydrogen) atoms. The van der Waals surface area contributed by atoms with E-state index in [1.807, 2.05) is 0 Å². The standard InChI is InChI=1S/C15H23FN2O2S/c1-12-8-13(2)10-18(9-12)21(19,20)17(3)11-14-4-6-15(16)7-5-14/h4-7,12-13H,8-11H2,1-3H3. The third-order valence-electron chi connectivity index (χ3n) is 3.87. The molecule has 2 unspecified atom stereocenters. The zero-order chi connectivity index (χ0) is 15.6. The van der Waals surface area contributed by atoms with Gasteiger partial charge < -0.3 is 0 Å². The smallest absolute Gasteiger partial charge is 0.207 e. The van der Waals surface area contributed by atoms with Crippen LogP contribution >= 0.6 is 0 Å². The molecule has 1 aliphatic rings. The topological polar surface area (TPSA) is 40.6 Å². The van der Waals surface area contributed by atoms with Gasteiger partial charge in [0.05, 0.1) is 0 Å². The van der Waals surface area contributed by atoms with Crippen LogP contribution in [0.4, 0.5) is 4.39 Å². The molecule has 1 saturated heterocycles. The fourth-order valence-electron chi connectivity index (χ4n) is 2.92. The molecule has 0 aromatic heterocycles. The Labute approximate surface area is 126 Å². The van der Waals surface area contributed by atoms with Crippen molar-refractivity contribution in [2.45, 2.75) is 26.8 Å². The lowest BCUT2D eigenvalue weighted by Gasteiger charge is -2.36. The summed E-state index contributed by atoms with van der Waals surface area (Å²) in [6.07, 6.45) is 1.06. The first-order valence-electron chi connectivity index (χ1n) is 7.25. The largest absolute Gasteiger partial charge is 0.282 e. The van der Waals surface area contributed by atoms with Crippen LogP contribution in [0.15, 0.2) is 24.3 Å². The Bertz CT molecular complexity index is 564. The lowest BCUT2D eigenvalue weighted by atomic mass is 9.94. The molecule has 118 valence electrons. The maximum atomic E-state index is 12.9. The predicted octanol–water partition coefficient (Wildman–Crippen LogP) is 2.48. The Morgan fingerprint density at radius 1 is 1.19 bits per heavy atom. The van der Waals surface area contributed by atoms with Gasteiger partial charge in [-0.1, -0.05) is 26.0 Å². The van der Waals surface area contributed by atoms with Gasteiger partial charge in [-0.05, 0) is 36.0 Å². The number of nitrogens with zero attached hydrogens (tertiary/aromatic N) is 2. The summed E-state index contributed by atoms with van der Waals surface area (Å²) < 4.78 is 41.0. The summed E-state index contributed by atoms with van der Waals surface area (Å²) >= 11 is 0. The molecule has 1 heterocycles. The van der Waals surface area contributed by atoms with E-state index in [-0.39, 0.29) is 12.4 Å². The second-order valence-electron chi connectivity index (χ2n) is 6.15. The van der Waals surface area contributed by atoms with Crippen molar-refractivity contribution in [2.24, 2.45) is 11.8 Å². The number of benzene rings is 1. The quantitative estimate of drug-likeness (QED) is 0.856. The zero-order valence-electron chi connectivity index (χ0n) is 12.8. The summed E-state index contributed by atoms with van der Waals surface area (Å²) in [4.78, 5) is 0. The van der Waals surface area contributed by atoms with Gasteiger partial charge >= 0.3 is 0 Å². The summed E-state index contributed by atoms with van der Waals surface area (Å²) in [5.74, 6) is 0.438. The Morgan fingerprint density at radius 3 is 2.24 bits per heavy atom. The minimum absolute atomic E-state index is 0.252. The van der Waals surface area contributed by atoms with Gasteiger partial charge in [0.25, 0.3) is 10.2 Å². The van der Waals surface area contributed by atoms with Crippen molar-refractivity contribution >= 4 is 10.2 Å². The normalized spacial score (nSPS) is 24.4. The Hall–Kier alpha value is -0.980. The summed E-state index contributed by atoms with van der Waals surface area (Å²) in [6.45, 7) is 5.55. The van der Waals surface area contributed by atoms with E-state index in [1.165, 1.54) is 16.4 Å². The average Bonchev–Trinajstić information content (AvgIpc) is 2.40. The molecule has 2 rings (SSSR count). The highest BCUT2D eigenvalue weighted by Crippen LogP contribution is 2.24. The molecule has 0 amide bonds. The Morgan fingerprint density at radius 2 is 1.71 bits per heavy atom. The van der Waals surface area contributed by atoms with Gasteiger partial charge in [-0.15, -0.1) is 0 Å². The van der Waals surface area contributed by atoms with E-state index >= 15 is 0 Å². The summed E-state index contributed by atoms with van der Waals surface area (Å²) in [6, 6.07) is 5.92. The van der Waals surface area contributed by atoms with Gasteiger partial charge in [0, 0.05) is 26.7 Å².